The van der Waals surface area contributed by atoms with Crippen LogP contribution in [0.4, 0.5) is 4.39 Å². The molecule has 0 bridgehead atoms. The van der Waals surface area contributed by atoms with Crippen LogP contribution >= 0.6 is 24.0 Å². The average Bonchev–Trinajstić information content (AvgIpc) is 3.21. The number of nitrogens with zero attached hydrogens (tertiary/aromatic N) is 2. The summed E-state index contributed by atoms with van der Waals surface area (Å²) in [5, 5.41) is 6.55. The number of hydrogen-bond donors (Lipinski definition) is 2. The van der Waals surface area contributed by atoms with E-state index in [4.69, 9.17) is 9.47 Å². The van der Waals surface area contributed by atoms with E-state index in [-0.39, 0.29) is 35.9 Å². The summed E-state index contributed by atoms with van der Waals surface area (Å²) in [6, 6.07) is 9.53. The molecule has 2 heterocycles. The SMILES string of the molecule is CCNC(=NCc1ccc(Oc2ccc(F)cc2)nc1)NCC1CCCO1.I. The van der Waals surface area contributed by atoms with Gasteiger partial charge < -0.3 is 20.1 Å². The smallest absolute Gasteiger partial charge is 0.219 e. The van der Waals surface area contributed by atoms with Crippen LogP contribution in [0.2, 0.25) is 0 Å². The number of benzene rings is 1. The highest BCUT2D eigenvalue weighted by molar-refractivity contribution is 14.0. The lowest BCUT2D eigenvalue weighted by atomic mass is 10.2. The van der Waals surface area contributed by atoms with Crippen molar-refractivity contribution in [2.45, 2.75) is 32.4 Å². The summed E-state index contributed by atoms with van der Waals surface area (Å²) in [4.78, 5) is 8.87. The molecule has 0 aliphatic carbocycles. The van der Waals surface area contributed by atoms with Crippen LogP contribution in [-0.4, -0.2) is 36.7 Å². The Hall–Kier alpha value is -1.94. The minimum absolute atomic E-state index is 0. The summed E-state index contributed by atoms with van der Waals surface area (Å²) in [6.07, 6.45) is 4.20. The van der Waals surface area contributed by atoms with Gasteiger partial charge in [0.05, 0.1) is 12.6 Å². The second-order valence-corrected chi connectivity index (χ2v) is 6.27. The molecule has 28 heavy (non-hydrogen) atoms. The van der Waals surface area contributed by atoms with Crippen molar-refractivity contribution < 1.29 is 13.9 Å². The predicted octanol–water partition coefficient (Wildman–Crippen LogP) is 3.87. The number of pyridine rings is 1. The number of nitrogens with one attached hydrogen (secondary N) is 2. The second-order valence-electron chi connectivity index (χ2n) is 6.27. The Bertz CT molecular complexity index is 735. The van der Waals surface area contributed by atoms with Gasteiger partial charge in [-0.2, -0.15) is 0 Å². The summed E-state index contributed by atoms with van der Waals surface area (Å²) < 4.78 is 24.1. The van der Waals surface area contributed by atoms with Gasteiger partial charge in [0.15, 0.2) is 5.96 Å². The molecule has 1 unspecified atom stereocenters. The van der Waals surface area contributed by atoms with Crippen LogP contribution in [0.15, 0.2) is 47.6 Å². The lowest BCUT2D eigenvalue weighted by Crippen LogP contribution is -2.41. The van der Waals surface area contributed by atoms with Crippen LogP contribution in [0.25, 0.3) is 0 Å². The van der Waals surface area contributed by atoms with Gasteiger partial charge in [-0.3, -0.25) is 0 Å². The maximum atomic E-state index is 12.9. The molecule has 0 radical (unpaired) electrons. The topological polar surface area (TPSA) is 67.8 Å². The van der Waals surface area contributed by atoms with E-state index in [9.17, 15) is 4.39 Å². The minimum Gasteiger partial charge on any atom is -0.439 e. The van der Waals surface area contributed by atoms with Gasteiger partial charge in [-0.25, -0.2) is 14.4 Å². The second kappa shape index (κ2) is 11.8. The number of halogens is 2. The molecule has 0 saturated carbocycles. The van der Waals surface area contributed by atoms with E-state index in [1.165, 1.54) is 12.1 Å². The zero-order valence-corrected chi connectivity index (χ0v) is 18.2. The Balaban J connectivity index is 0.00000280. The molecule has 2 aromatic rings. The first-order valence-electron chi connectivity index (χ1n) is 9.25. The van der Waals surface area contributed by atoms with E-state index in [1.54, 1.807) is 24.4 Å². The van der Waals surface area contributed by atoms with Crippen molar-refractivity contribution in [3.63, 3.8) is 0 Å². The van der Waals surface area contributed by atoms with E-state index >= 15 is 0 Å². The molecule has 1 aliphatic rings. The third-order valence-electron chi connectivity index (χ3n) is 4.12. The molecule has 152 valence electrons. The van der Waals surface area contributed by atoms with Crippen LogP contribution in [0.5, 0.6) is 11.6 Å². The molecule has 1 fully saturated rings. The normalized spacial score (nSPS) is 16.4. The fourth-order valence-electron chi connectivity index (χ4n) is 2.72. The Morgan fingerprint density at radius 2 is 2.07 bits per heavy atom. The number of aliphatic imine (C=N–C) groups is 1. The third-order valence-corrected chi connectivity index (χ3v) is 4.12. The monoisotopic (exact) mass is 500 g/mol. The van der Waals surface area contributed by atoms with Crippen LogP contribution in [0.3, 0.4) is 0 Å². The molecule has 1 aliphatic heterocycles. The quantitative estimate of drug-likeness (QED) is 0.344. The lowest BCUT2D eigenvalue weighted by Gasteiger charge is -2.14. The van der Waals surface area contributed by atoms with E-state index in [0.29, 0.717) is 18.2 Å². The molecule has 1 atom stereocenters. The first-order valence-corrected chi connectivity index (χ1v) is 9.25. The summed E-state index contributed by atoms with van der Waals surface area (Å²) in [5.41, 5.74) is 0.968. The van der Waals surface area contributed by atoms with Gasteiger partial charge in [0, 0.05) is 32.0 Å². The van der Waals surface area contributed by atoms with E-state index in [1.807, 2.05) is 13.0 Å². The minimum atomic E-state index is -0.298. The predicted molar refractivity (Wildman–Crippen MR) is 118 cm³/mol. The zero-order valence-electron chi connectivity index (χ0n) is 15.9. The van der Waals surface area contributed by atoms with E-state index in [0.717, 1.165) is 44.1 Å². The Kier molecular flexibility index (Phi) is 9.42. The first-order chi connectivity index (χ1) is 13.2. The Morgan fingerprint density at radius 3 is 2.71 bits per heavy atom. The summed E-state index contributed by atoms with van der Waals surface area (Å²) >= 11 is 0. The van der Waals surface area contributed by atoms with Crippen molar-refractivity contribution in [3.8, 4) is 11.6 Å². The van der Waals surface area contributed by atoms with Gasteiger partial charge in [-0.15, -0.1) is 24.0 Å². The highest BCUT2D eigenvalue weighted by atomic mass is 127. The highest BCUT2D eigenvalue weighted by Crippen LogP contribution is 2.19. The molecule has 8 heteroatoms. The third kappa shape index (κ3) is 7.23. The standard InChI is InChI=1S/C20H25FN4O2.HI/c1-2-22-20(25-14-18-4-3-11-26-18)24-13-15-5-10-19(23-12-15)27-17-8-6-16(21)7-9-17;/h5-10,12,18H,2-4,11,13-14H2,1H3,(H2,22,24,25);1H. The molecule has 2 N–H and O–H groups in total. The molecule has 1 aromatic heterocycles. The van der Waals surface area contributed by atoms with Crippen LogP contribution in [0, 0.1) is 5.82 Å². The summed E-state index contributed by atoms with van der Waals surface area (Å²) in [5.74, 6) is 1.47. The van der Waals surface area contributed by atoms with Crippen molar-refractivity contribution in [2.24, 2.45) is 4.99 Å². The average molecular weight is 500 g/mol. The maximum absolute atomic E-state index is 12.9. The number of ether oxygens (including phenoxy) is 2. The first kappa shape index (κ1) is 22.4. The zero-order chi connectivity index (χ0) is 18.9. The molecule has 6 nitrogen and oxygen atoms in total. The number of hydrogen-bond acceptors (Lipinski definition) is 4. The summed E-state index contributed by atoms with van der Waals surface area (Å²) in [6.45, 7) is 4.93. The van der Waals surface area contributed by atoms with Crippen LogP contribution < -0.4 is 15.4 Å². The van der Waals surface area contributed by atoms with Gasteiger partial charge in [0.2, 0.25) is 5.88 Å². The molecule has 0 amide bonds. The number of guanidine groups is 1. The van der Waals surface area contributed by atoms with Crippen molar-refractivity contribution in [2.75, 3.05) is 19.7 Å². The van der Waals surface area contributed by atoms with Crippen LogP contribution in [0.1, 0.15) is 25.3 Å². The molecule has 1 saturated heterocycles. The van der Waals surface area contributed by atoms with Gasteiger partial charge in [0.1, 0.15) is 11.6 Å². The van der Waals surface area contributed by atoms with Crippen molar-refractivity contribution in [3.05, 3.63) is 54.0 Å². The highest BCUT2D eigenvalue weighted by Gasteiger charge is 2.15. The molecular weight excluding hydrogens is 474 g/mol. The fourth-order valence-corrected chi connectivity index (χ4v) is 2.72. The summed E-state index contributed by atoms with van der Waals surface area (Å²) in [7, 11) is 0. The molecule has 0 spiro atoms. The van der Waals surface area contributed by atoms with Gasteiger partial charge in [-0.1, -0.05) is 6.07 Å². The largest absolute Gasteiger partial charge is 0.439 e. The molecule has 1 aromatic carbocycles. The Morgan fingerprint density at radius 1 is 1.25 bits per heavy atom. The van der Waals surface area contributed by atoms with Gasteiger partial charge in [0.25, 0.3) is 0 Å². The van der Waals surface area contributed by atoms with Crippen molar-refractivity contribution in [1.82, 2.24) is 15.6 Å². The van der Waals surface area contributed by atoms with Gasteiger partial charge in [-0.05, 0) is 49.6 Å². The van der Waals surface area contributed by atoms with Crippen LogP contribution in [-0.2, 0) is 11.3 Å². The lowest BCUT2D eigenvalue weighted by molar-refractivity contribution is 0.114. The number of rotatable bonds is 7. The molecule has 3 rings (SSSR count). The fraction of sp³-hybridized carbons (Fsp3) is 0.400. The van der Waals surface area contributed by atoms with E-state index in [2.05, 4.69) is 20.6 Å². The van der Waals surface area contributed by atoms with Crippen molar-refractivity contribution in [1.29, 1.82) is 0 Å². The Labute approximate surface area is 182 Å². The van der Waals surface area contributed by atoms with E-state index < -0.39 is 0 Å². The molecular formula is C20H26FIN4O2. The van der Waals surface area contributed by atoms with Gasteiger partial charge >= 0.3 is 0 Å². The van der Waals surface area contributed by atoms with Crippen molar-refractivity contribution >= 4 is 29.9 Å². The number of aromatic nitrogens is 1. The maximum Gasteiger partial charge on any atom is 0.219 e.